The van der Waals surface area contributed by atoms with E-state index < -0.39 is 0 Å². The Bertz CT molecular complexity index is 209. The number of amides is 1. The lowest BCUT2D eigenvalue weighted by Crippen LogP contribution is -2.38. The van der Waals surface area contributed by atoms with Crippen LogP contribution < -0.4 is 0 Å². The molecule has 0 bridgehead atoms. The van der Waals surface area contributed by atoms with Crippen molar-refractivity contribution in [2.24, 2.45) is 0 Å². The maximum absolute atomic E-state index is 11.6. The summed E-state index contributed by atoms with van der Waals surface area (Å²) in [5, 5.41) is 0. The van der Waals surface area contributed by atoms with Gasteiger partial charge >= 0.3 is 5.97 Å². The molecule has 0 aliphatic rings. The zero-order chi connectivity index (χ0) is 11.7. The van der Waals surface area contributed by atoms with Crippen LogP contribution in [0.25, 0.3) is 0 Å². The molecule has 0 unspecified atom stereocenters. The van der Waals surface area contributed by atoms with Gasteiger partial charge in [0.1, 0.15) is 6.54 Å². The normalized spacial score (nSPS) is 9.80. The number of rotatable bonds is 7. The Kier molecular flexibility index (Phi) is 8.18. The second kappa shape index (κ2) is 8.59. The van der Waals surface area contributed by atoms with Gasteiger partial charge in [-0.3, -0.25) is 9.59 Å². The zero-order valence-corrected chi connectivity index (χ0v) is 10.4. The fourth-order valence-electron chi connectivity index (χ4n) is 1.14. The van der Waals surface area contributed by atoms with Crippen LogP contribution in [0.1, 0.15) is 20.3 Å². The number of esters is 1. The molecule has 0 atom stereocenters. The van der Waals surface area contributed by atoms with Crippen molar-refractivity contribution in [3.8, 4) is 0 Å². The number of ether oxygens (including phenoxy) is 1. The van der Waals surface area contributed by atoms with E-state index >= 15 is 0 Å². The zero-order valence-electron chi connectivity index (χ0n) is 9.62. The highest BCUT2D eigenvalue weighted by Crippen LogP contribution is 2.00. The third-order valence-electron chi connectivity index (χ3n) is 1.74. The van der Waals surface area contributed by atoms with Crippen LogP contribution in [0.2, 0.25) is 0 Å². The first kappa shape index (κ1) is 14.3. The molecule has 0 aromatic carbocycles. The van der Waals surface area contributed by atoms with E-state index in [-0.39, 0.29) is 18.4 Å². The number of hydrogen-bond donors (Lipinski definition) is 0. The molecule has 0 spiro atoms. The highest BCUT2D eigenvalue weighted by Gasteiger charge is 2.16. The average molecular weight is 233 g/mol. The molecule has 0 fully saturated rings. The lowest BCUT2D eigenvalue weighted by atomic mass is 10.4. The first-order valence-corrected chi connectivity index (χ1v) is 6.47. The Hall–Kier alpha value is -0.710. The first-order valence-electron chi connectivity index (χ1n) is 5.08. The Morgan fingerprint density at radius 1 is 1.33 bits per heavy atom. The molecule has 0 aliphatic heterocycles. The maximum Gasteiger partial charge on any atom is 0.325 e. The summed E-state index contributed by atoms with van der Waals surface area (Å²) in [5.74, 6) is 0.0807. The minimum Gasteiger partial charge on any atom is -0.465 e. The third-order valence-corrected chi connectivity index (χ3v) is 2.27. The highest BCUT2D eigenvalue weighted by atomic mass is 32.2. The van der Waals surface area contributed by atoms with Gasteiger partial charge in [-0.1, -0.05) is 6.92 Å². The van der Waals surface area contributed by atoms with E-state index in [0.29, 0.717) is 18.9 Å². The van der Waals surface area contributed by atoms with Crippen LogP contribution >= 0.6 is 11.8 Å². The summed E-state index contributed by atoms with van der Waals surface area (Å²) in [7, 11) is 0. The van der Waals surface area contributed by atoms with Crippen LogP contribution in [0, 0.1) is 0 Å². The summed E-state index contributed by atoms with van der Waals surface area (Å²) in [5.41, 5.74) is 0. The van der Waals surface area contributed by atoms with Crippen LogP contribution in [0.5, 0.6) is 0 Å². The Labute approximate surface area is 95.3 Å². The van der Waals surface area contributed by atoms with Crippen molar-refractivity contribution in [2.45, 2.75) is 20.3 Å². The van der Waals surface area contributed by atoms with Crippen molar-refractivity contribution in [1.29, 1.82) is 0 Å². The molecule has 4 nitrogen and oxygen atoms in total. The number of hydrogen-bond acceptors (Lipinski definition) is 4. The summed E-state index contributed by atoms with van der Waals surface area (Å²) in [6.07, 6.45) is 2.71. The van der Waals surface area contributed by atoms with Gasteiger partial charge in [0.2, 0.25) is 5.91 Å². The molecule has 15 heavy (non-hydrogen) atoms. The van der Waals surface area contributed by atoms with Gasteiger partial charge in [-0.25, -0.2) is 0 Å². The van der Waals surface area contributed by atoms with Gasteiger partial charge in [-0.05, 0) is 19.6 Å². The molecular formula is C10H19NO3S. The fraction of sp³-hybridized carbons (Fsp3) is 0.800. The molecule has 0 rings (SSSR count). The summed E-state index contributed by atoms with van der Waals surface area (Å²) >= 11 is 1.46. The summed E-state index contributed by atoms with van der Waals surface area (Å²) in [4.78, 5) is 24.3. The van der Waals surface area contributed by atoms with E-state index in [2.05, 4.69) is 0 Å². The second-order valence-corrected chi connectivity index (χ2v) is 3.92. The number of thioether (sulfide) groups is 1. The number of nitrogens with zero attached hydrogens (tertiary/aromatic N) is 1. The molecule has 0 heterocycles. The van der Waals surface area contributed by atoms with Gasteiger partial charge in [0.15, 0.2) is 0 Å². The van der Waals surface area contributed by atoms with Crippen LogP contribution in [0.4, 0.5) is 0 Å². The number of carbonyl (C=O) groups excluding carboxylic acids is 2. The second-order valence-electron chi connectivity index (χ2n) is 3.05. The predicted octanol–water partition coefficient (Wildman–Crippen LogP) is 1.15. The molecule has 0 aromatic rings. The minimum atomic E-state index is -0.333. The predicted molar refractivity (Wildman–Crippen MR) is 61.9 cm³/mol. The average Bonchev–Trinajstić information content (AvgIpc) is 2.18. The molecule has 0 aromatic heterocycles. The van der Waals surface area contributed by atoms with Crippen molar-refractivity contribution in [3.05, 3.63) is 0 Å². The molecular weight excluding hydrogens is 214 g/mol. The fourth-order valence-corrected chi connectivity index (χ4v) is 1.57. The van der Waals surface area contributed by atoms with E-state index in [1.54, 1.807) is 11.8 Å². The van der Waals surface area contributed by atoms with E-state index in [4.69, 9.17) is 4.74 Å². The Morgan fingerprint density at radius 2 is 2.00 bits per heavy atom. The lowest BCUT2D eigenvalue weighted by molar-refractivity contribution is -0.148. The number of carbonyl (C=O) groups is 2. The molecule has 0 saturated carbocycles. The van der Waals surface area contributed by atoms with E-state index in [9.17, 15) is 9.59 Å². The van der Waals surface area contributed by atoms with Gasteiger partial charge < -0.3 is 9.64 Å². The van der Waals surface area contributed by atoms with Crippen molar-refractivity contribution < 1.29 is 14.3 Å². The van der Waals surface area contributed by atoms with E-state index in [1.165, 1.54) is 11.8 Å². The molecule has 88 valence electrons. The lowest BCUT2D eigenvalue weighted by Gasteiger charge is -2.20. The van der Waals surface area contributed by atoms with Gasteiger partial charge in [0, 0.05) is 6.54 Å². The van der Waals surface area contributed by atoms with Crippen LogP contribution in [-0.4, -0.2) is 48.5 Å². The van der Waals surface area contributed by atoms with Gasteiger partial charge in [-0.15, -0.1) is 0 Å². The highest BCUT2D eigenvalue weighted by molar-refractivity contribution is 7.99. The van der Waals surface area contributed by atoms with Crippen LogP contribution in [0.15, 0.2) is 0 Å². The smallest absolute Gasteiger partial charge is 0.325 e. The maximum atomic E-state index is 11.6. The van der Waals surface area contributed by atoms with Crippen molar-refractivity contribution in [3.63, 3.8) is 0 Å². The van der Waals surface area contributed by atoms with Crippen LogP contribution in [0.3, 0.4) is 0 Å². The standard InChI is InChI=1S/C10H19NO3S/c1-4-6-11(9(12)8-15-3)7-10(13)14-5-2/h4-8H2,1-3H3. The van der Waals surface area contributed by atoms with Gasteiger partial charge in [0.05, 0.1) is 12.4 Å². The molecule has 1 amide bonds. The quantitative estimate of drug-likeness (QED) is 0.619. The minimum absolute atomic E-state index is 0.00240. The Morgan fingerprint density at radius 3 is 2.47 bits per heavy atom. The molecule has 5 heteroatoms. The van der Waals surface area contributed by atoms with Crippen LogP contribution in [-0.2, 0) is 14.3 Å². The summed E-state index contributed by atoms with van der Waals surface area (Å²) in [6.45, 7) is 4.77. The largest absolute Gasteiger partial charge is 0.465 e. The summed E-state index contributed by atoms with van der Waals surface area (Å²) < 4.78 is 4.81. The van der Waals surface area contributed by atoms with Crippen molar-refractivity contribution in [2.75, 3.05) is 31.7 Å². The molecule has 0 radical (unpaired) electrons. The Balaban J connectivity index is 4.13. The van der Waals surface area contributed by atoms with E-state index in [0.717, 1.165) is 6.42 Å². The first-order chi connectivity index (χ1) is 7.15. The molecule has 0 saturated heterocycles. The summed E-state index contributed by atoms with van der Waals surface area (Å²) in [6, 6.07) is 0. The topological polar surface area (TPSA) is 46.6 Å². The molecule has 0 N–H and O–H groups in total. The third kappa shape index (κ3) is 6.38. The van der Waals surface area contributed by atoms with Crippen molar-refractivity contribution >= 4 is 23.6 Å². The SMILES string of the molecule is CCCN(CC(=O)OCC)C(=O)CSC. The van der Waals surface area contributed by atoms with Gasteiger partial charge in [-0.2, -0.15) is 11.8 Å². The molecule has 0 aliphatic carbocycles. The monoisotopic (exact) mass is 233 g/mol. The van der Waals surface area contributed by atoms with E-state index in [1.807, 2.05) is 13.2 Å². The van der Waals surface area contributed by atoms with Gasteiger partial charge in [0.25, 0.3) is 0 Å². The van der Waals surface area contributed by atoms with Crippen molar-refractivity contribution in [1.82, 2.24) is 4.90 Å².